The minimum atomic E-state index is -2.99. The van der Waals surface area contributed by atoms with Crippen LogP contribution in [0.15, 0.2) is 30.3 Å². The van der Waals surface area contributed by atoms with E-state index in [4.69, 9.17) is 0 Å². The second-order valence-corrected chi connectivity index (χ2v) is 8.23. The molecule has 1 fully saturated rings. The lowest BCUT2D eigenvalue weighted by Crippen LogP contribution is -2.53. The van der Waals surface area contributed by atoms with Gasteiger partial charge in [-0.15, -0.1) is 0 Å². The van der Waals surface area contributed by atoms with Crippen LogP contribution in [0.1, 0.15) is 13.3 Å². The molecular formula is C16H25N3O3S. The number of anilines is 1. The van der Waals surface area contributed by atoms with Gasteiger partial charge in [0.1, 0.15) is 0 Å². The fraction of sp³-hybridized carbons (Fsp3) is 0.562. The zero-order valence-corrected chi connectivity index (χ0v) is 14.6. The van der Waals surface area contributed by atoms with Crippen molar-refractivity contribution in [3.63, 3.8) is 0 Å². The van der Waals surface area contributed by atoms with Crippen molar-refractivity contribution in [2.45, 2.75) is 19.4 Å². The SMILES string of the molecule is C[C@@H]1CS(=O)(=O)CCN1C(=O)NCCCN(C)c1ccccc1. The Morgan fingerprint density at radius 2 is 2.04 bits per heavy atom. The average Bonchev–Trinajstić information content (AvgIpc) is 2.51. The fourth-order valence-corrected chi connectivity index (χ4v) is 4.28. The van der Waals surface area contributed by atoms with Crippen molar-refractivity contribution in [3.05, 3.63) is 30.3 Å². The molecule has 0 aliphatic carbocycles. The molecule has 1 atom stereocenters. The highest BCUT2D eigenvalue weighted by molar-refractivity contribution is 7.91. The van der Waals surface area contributed by atoms with E-state index in [2.05, 4.69) is 22.3 Å². The van der Waals surface area contributed by atoms with Crippen LogP contribution < -0.4 is 10.2 Å². The minimum absolute atomic E-state index is 0.0527. The molecule has 1 heterocycles. The molecule has 1 aromatic rings. The molecule has 0 aromatic heterocycles. The van der Waals surface area contributed by atoms with Gasteiger partial charge in [-0.2, -0.15) is 0 Å². The summed E-state index contributed by atoms with van der Waals surface area (Å²) in [6, 6.07) is 9.65. The standard InChI is InChI=1S/C16H25N3O3S/c1-14-13-23(21,22)12-11-19(14)16(20)17-9-6-10-18(2)15-7-4-3-5-8-15/h3-5,7-8,14H,6,9-13H2,1-2H3,(H,17,20)/t14-/m1/s1. The van der Waals surface area contributed by atoms with Crippen molar-refractivity contribution in [1.29, 1.82) is 0 Å². The maximum Gasteiger partial charge on any atom is 0.317 e. The average molecular weight is 339 g/mol. The number of sulfone groups is 1. The van der Waals surface area contributed by atoms with Crippen molar-refractivity contribution in [2.24, 2.45) is 0 Å². The fourth-order valence-electron chi connectivity index (χ4n) is 2.73. The first-order valence-electron chi connectivity index (χ1n) is 7.90. The molecule has 7 heteroatoms. The van der Waals surface area contributed by atoms with E-state index in [1.54, 1.807) is 11.8 Å². The Kier molecular flexibility index (Phi) is 5.87. The number of hydrogen-bond donors (Lipinski definition) is 1. The molecule has 1 saturated heterocycles. The van der Waals surface area contributed by atoms with Crippen LogP contribution in [0.4, 0.5) is 10.5 Å². The number of rotatable bonds is 5. The summed E-state index contributed by atoms with van der Waals surface area (Å²) in [5, 5.41) is 2.88. The monoisotopic (exact) mass is 339 g/mol. The highest BCUT2D eigenvalue weighted by atomic mass is 32.2. The number of nitrogens with zero attached hydrogens (tertiary/aromatic N) is 2. The Morgan fingerprint density at radius 3 is 2.70 bits per heavy atom. The number of nitrogens with one attached hydrogen (secondary N) is 1. The molecule has 0 radical (unpaired) electrons. The molecular weight excluding hydrogens is 314 g/mol. The molecule has 0 saturated carbocycles. The van der Waals surface area contributed by atoms with Crippen LogP contribution in [0, 0.1) is 0 Å². The zero-order chi connectivity index (χ0) is 16.9. The topological polar surface area (TPSA) is 69.7 Å². The third-order valence-electron chi connectivity index (χ3n) is 4.07. The van der Waals surface area contributed by atoms with Crippen molar-refractivity contribution in [1.82, 2.24) is 10.2 Å². The van der Waals surface area contributed by atoms with Gasteiger partial charge in [0, 0.05) is 38.4 Å². The number of carbonyl (C=O) groups excluding carboxylic acids is 1. The van der Waals surface area contributed by atoms with Crippen molar-refractivity contribution < 1.29 is 13.2 Å². The lowest BCUT2D eigenvalue weighted by atomic mass is 10.3. The Bertz CT molecular complexity index is 619. The molecule has 1 aliphatic rings. The van der Waals surface area contributed by atoms with Crippen molar-refractivity contribution in [2.75, 3.05) is 43.1 Å². The van der Waals surface area contributed by atoms with Crippen LogP contribution in [-0.2, 0) is 9.84 Å². The van der Waals surface area contributed by atoms with Crippen LogP contribution in [0.2, 0.25) is 0 Å². The van der Waals surface area contributed by atoms with Crippen LogP contribution in [0.3, 0.4) is 0 Å². The number of carbonyl (C=O) groups is 1. The highest BCUT2D eigenvalue weighted by Gasteiger charge is 2.30. The Morgan fingerprint density at radius 1 is 1.35 bits per heavy atom. The molecule has 0 spiro atoms. The molecule has 2 amide bonds. The van der Waals surface area contributed by atoms with Gasteiger partial charge in [-0.25, -0.2) is 13.2 Å². The van der Waals surface area contributed by atoms with Crippen molar-refractivity contribution in [3.8, 4) is 0 Å². The van der Waals surface area contributed by atoms with E-state index in [9.17, 15) is 13.2 Å². The summed E-state index contributed by atoms with van der Waals surface area (Å²) < 4.78 is 23.1. The van der Waals surface area contributed by atoms with Gasteiger partial charge in [0.25, 0.3) is 0 Å². The van der Waals surface area contributed by atoms with Crippen LogP contribution >= 0.6 is 0 Å². The third kappa shape index (κ3) is 5.13. The lowest BCUT2D eigenvalue weighted by Gasteiger charge is -2.33. The molecule has 128 valence electrons. The maximum atomic E-state index is 12.1. The van der Waals surface area contributed by atoms with E-state index < -0.39 is 9.84 Å². The normalized spacial score (nSPS) is 20.1. The van der Waals surface area contributed by atoms with Crippen LogP contribution in [0.25, 0.3) is 0 Å². The van der Waals surface area contributed by atoms with Gasteiger partial charge >= 0.3 is 6.03 Å². The number of benzene rings is 1. The van der Waals surface area contributed by atoms with Gasteiger partial charge in [0.05, 0.1) is 11.5 Å². The third-order valence-corrected chi connectivity index (χ3v) is 5.87. The Hall–Kier alpha value is -1.76. The quantitative estimate of drug-likeness (QED) is 0.822. The number of hydrogen-bond acceptors (Lipinski definition) is 4. The second kappa shape index (κ2) is 7.68. The summed E-state index contributed by atoms with van der Waals surface area (Å²) in [6.07, 6.45) is 0.831. The molecule has 1 aliphatic heterocycles. The molecule has 1 N–H and O–H groups in total. The van der Waals surface area contributed by atoms with Gasteiger partial charge in [0.15, 0.2) is 9.84 Å². The first-order chi connectivity index (χ1) is 10.9. The van der Waals surface area contributed by atoms with Gasteiger partial charge in [-0.1, -0.05) is 18.2 Å². The first kappa shape index (κ1) is 17.6. The van der Waals surface area contributed by atoms with E-state index in [1.165, 1.54) is 0 Å². The Labute approximate surface area is 138 Å². The lowest BCUT2D eigenvalue weighted by molar-refractivity contribution is 0.185. The van der Waals surface area contributed by atoms with E-state index in [1.807, 2.05) is 25.2 Å². The van der Waals surface area contributed by atoms with Crippen LogP contribution in [0.5, 0.6) is 0 Å². The molecule has 6 nitrogen and oxygen atoms in total. The molecule has 1 aromatic carbocycles. The Balaban J connectivity index is 1.71. The van der Waals surface area contributed by atoms with E-state index in [0.717, 1.165) is 18.7 Å². The number of urea groups is 1. The summed E-state index contributed by atoms with van der Waals surface area (Å²) in [7, 11) is -0.971. The van der Waals surface area contributed by atoms with Gasteiger partial charge < -0.3 is 15.1 Å². The predicted octanol–water partition coefficient (Wildman–Crippen LogP) is 1.34. The largest absolute Gasteiger partial charge is 0.375 e. The number of amides is 2. The van der Waals surface area contributed by atoms with Gasteiger partial charge in [-0.05, 0) is 25.5 Å². The highest BCUT2D eigenvalue weighted by Crippen LogP contribution is 2.12. The predicted molar refractivity (Wildman–Crippen MR) is 92.5 cm³/mol. The number of para-hydroxylation sites is 1. The molecule has 2 rings (SSSR count). The first-order valence-corrected chi connectivity index (χ1v) is 9.72. The molecule has 0 unspecified atom stereocenters. The smallest absolute Gasteiger partial charge is 0.317 e. The maximum absolute atomic E-state index is 12.1. The molecule has 23 heavy (non-hydrogen) atoms. The summed E-state index contributed by atoms with van der Waals surface area (Å²) in [5.74, 6) is 0.110. The zero-order valence-electron chi connectivity index (χ0n) is 13.7. The van der Waals surface area contributed by atoms with Gasteiger partial charge in [0.2, 0.25) is 0 Å². The summed E-state index contributed by atoms with van der Waals surface area (Å²) in [5.41, 5.74) is 1.15. The van der Waals surface area contributed by atoms with Gasteiger partial charge in [-0.3, -0.25) is 0 Å². The molecule has 0 bridgehead atoms. The van der Waals surface area contributed by atoms with Crippen LogP contribution in [-0.4, -0.2) is 63.6 Å². The van der Waals surface area contributed by atoms with E-state index in [-0.39, 0.29) is 30.1 Å². The van der Waals surface area contributed by atoms with Crippen molar-refractivity contribution >= 4 is 21.6 Å². The van der Waals surface area contributed by atoms with E-state index >= 15 is 0 Å². The second-order valence-electron chi connectivity index (χ2n) is 6.00. The summed E-state index contributed by atoms with van der Waals surface area (Å²) in [6.45, 7) is 3.47. The van der Waals surface area contributed by atoms with E-state index in [0.29, 0.717) is 6.54 Å². The summed E-state index contributed by atoms with van der Waals surface area (Å²) in [4.78, 5) is 15.9. The minimum Gasteiger partial charge on any atom is -0.375 e. The summed E-state index contributed by atoms with van der Waals surface area (Å²) >= 11 is 0.